The Morgan fingerprint density at radius 1 is 1.24 bits per heavy atom. The Balaban J connectivity index is 1.68. The van der Waals surface area contributed by atoms with Crippen LogP contribution in [0.3, 0.4) is 0 Å². The topological polar surface area (TPSA) is 106 Å². The number of oxazole rings is 1. The molecule has 7 heteroatoms. The quantitative estimate of drug-likeness (QED) is 0.660. The predicted molar refractivity (Wildman–Crippen MR) is 96.3 cm³/mol. The van der Waals surface area contributed by atoms with Crippen molar-refractivity contribution in [3.05, 3.63) is 65.5 Å². The fourth-order valence-electron chi connectivity index (χ4n) is 2.45. The zero-order valence-electron chi connectivity index (χ0n) is 14.0. The van der Waals surface area contributed by atoms with Gasteiger partial charge in [0.25, 0.3) is 5.91 Å². The van der Waals surface area contributed by atoms with E-state index in [0.29, 0.717) is 35.4 Å². The molecular formula is C18H19N5O2. The van der Waals surface area contributed by atoms with E-state index in [1.54, 1.807) is 20.0 Å². The molecule has 0 fully saturated rings. The van der Waals surface area contributed by atoms with Gasteiger partial charge in [-0.15, -0.1) is 0 Å². The van der Waals surface area contributed by atoms with Crippen molar-refractivity contribution in [3.63, 3.8) is 0 Å². The molecule has 0 radical (unpaired) electrons. The van der Waals surface area contributed by atoms with E-state index in [4.69, 9.17) is 10.2 Å². The molecule has 0 saturated heterocycles. The molecule has 0 saturated carbocycles. The molecule has 7 nitrogen and oxygen atoms in total. The zero-order valence-corrected chi connectivity index (χ0v) is 14.0. The van der Waals surface area contributed by atoms with Crippen molar-refractivity contribution in [2.24, 2.45) is 0 Å². The number of carbonyl (C=O) groups excluding carboxylic acids is 1. The number of aromatic nitrogens is 2. The Morgan fingerprint density at radius 3 is 2.80 bits per heavy atom. The van der Waals surface area contributed by atoms with Gasteiger partial charge in [-0.1, -0.05) is 12.1 Å². The number of rotatable bonds is 5. The number of nitrogens with two attached hydrogens (primary N) is 1. The summed E-state index contributed by atoms with van der Waals surface area (Å²) in [6.07, 6.45) is 1.64. The molecule has 25 heavy (non-hydrogen) atoms. The number of nitrogen functional groups attached to an aromatic ring is 1. The number of nitrogens with zero attached hydrogens (tertiary/aromatic N) is 2. The summed E-state index contributed by atoms with van der Waals surface area (Å²) in [5.74, 6) is 1.12. The van der Waals surface area contributed by atoms with Gasteiger partial charge in [-0.05, 0) is 36.8 Å². The van der Waals surface area contributed by atoms with Crippen molar-refractivity contribution in [2.75, 3.05) is 16.4 Å². The van der Waals surface area contributed by atoms with Gasteiger partial charge in [0.15, 0.2) is 11.6 Å². The second kappa shape index (κ2) is 7.04. The van der Waals surface area contributed by atoms with Crippen molar-refractivity contribution >= 4 is 23.1 Å². The SMILES string of the molecule is Cc1nc(C(=O)Nc2cccc(CNc3cccnc3N)c2)c(C)o1. The van der Waals surface area contributed by atoms with Crippen LogP contribution in [0.5, 0.6) is 0 Å². The molecule has 128 valence electrons. The average molecular weight is 337 g/mol. The van der Waals surface area contributed by atoms with Crippen LogP contribution in [0.25, 0.3) is 0 Å². The summed E-state index contributed by atoms with van der Waals surface area (Å²) in [5.41, 5.74) is 8.56. The molecule has 1 amide bonds. The van der Waals surface area contributed by atoms with Crippen LogP contribution in [0.15, 0.2) is 47.0 Å². The third-order valence-corrected chi connectivity index (χ3v) is 3.62. The number of benzene rings is 1. The van der Waals surface area contributed by atoms with Crippen LogP contribution in [0.1, 0.15) is 27.7 Å². The van der Waals surface area contributed by atoms with Gasteiger partial charge in [0.05, 0.1) is 5.69 Å². The lowest BCUT2D eigenvalue weighted by molar-refractivity contribution is 0.102. The lowest BCUT2D eigenvalue weighted by Gasteiger charge is -2.10. The minimum atomic E-state index is -0.295. The van der Waals surface area contributed by atoms with E-state index >= 15 is 0 Å². The van der Waals surface area contributed by atoms with E-state index in [9.17, 15) is 4.79 Å². The number of carbonyl (C=O) groups is 1. The van der Waals surface area contributed by atoms with Crippen LogP contribution in [0, 0.1) is 13.8 Å². The summed E-state index contributed by atoms with van der Waals surface area (Å²) in [6, 6.07) is 11.2. The van der Waals surface area contributed by atoms with E-state index in [2.05, 4.69) is 20.6 Å². The largest absolute Gasteiger partial charge is 0.445 e. The Hall–Kier alpha value is -3.35. The monoisotopic (exact) mass is 337 g/mol. The Labute approximate surface area is 145 Å². The van der Waals surface area contributed by atoms with Crippen LogP contribution < -0.4 is 16.4 Å². The number of hydrogen-bond acceptors (Lipinski definition) is 6. The van der Waals surface area contributed by atoms with Gasteiger partial charge in [0.2, 0.25) is 0 Å². The molecule has 1 aromatic carbocycles. The van der Waals surface area contributed by atoms with Crippen LogP contribution in [-0.2, 0) is 6.54 Å². The normalized spacial score (nSPS) is 10.5. The Morgan fingerprint density at radius 2 is 2.08 bits per heavy atom. The molecule has 0 aliphatic rings. The van der Waals surface area contributed by atoms with Crippen molar-refractivity contribution in [1.29, 1.82) is 0 Å². The number of nitrogens with one attached hydrogen (secondary N) is 2. The first-order chi connectivity index (χ1) is 12.0. The minimum Gasteiger partial charge on any atom is -0.445 e. The molecule has 2 heterocycles. The Kier molecular flexibility index (Phi) is 4.65. The van der Waals surface area contributed by atoms with E-state index in [-0.39, 0.29) is 5.91 Å². The highest BCUT2D eigenvalue weighted by atomic mass is 16.4. The second-order valence-corrected chi connectivity index (χ2v) is 5.58. The molecule has 3 rings (SSSR count). The van der Waals surface area contributed by atoms with Crippen molar-refractivity contribution in [3.8, 4) is 0 Å². The molecule has 3 aromatic rings. The maximum absolute atomic E-state index is 12.3. The number of hydrogen-bond donors (Lipinski definition) is 3. The van der Waals surface area contributed by atoms with Gasteiger partial charge in [-0.25, -0.2) is 9.97 Å². The molecule has 2 aromatic heterocycles. The number of pyridine rings is 1. The summed E-state index contributed by atoms with van der Waals surface area (Å²) in [4.78, 5) is 20.4. The summed E-state index contributed by atoms with van der Waals surface area (Å²) in [7, 11) is 0. The molecule has 0 bridgehead atoms. The first kappa shape index (κ1) is 16.5. The van der Waals surface area contributed by atoms with Gasteiger partial charge < -0.3 is 20.8 Å². The van der Waals surface area contributed by atoms with Crippen molar-refractivity contribution in [2.45, 2.75) is 20.4 Å². The van der Waals surface area contributed by atoms with Crippen LogP contribution in [0.2, 0.25) is 0 Å². The molecule has 4 N–H and O–H groups in total. The number of aryl methyl sites for hydroxylation is 2. The summed E-state index contributed by atoms with van der Waals surface area (Å²) in [6.45, 7) is 3.98. The molecule has 0 aliphatic carbocycles. The highest BCUT2D eigenvalue weighted by molar-refractivity contribution is 6.03. The van der Waals surface area contributed by atoms with Gasteiger partial charge in [0, 0.05) is 25.4 Å². The van der Waals surface area contributed by atoms with Crippen molar-refractivity contribution < 1.29 is 9.21 Å². The van der Waals surface area contributed by atoms with E-state index < -0.39 is 0 Å². The number of amides is 1. The summed E-state index contributed by atoms with van der Waals surface area (Å²) in [5, 5.41) is 6.06. The smallest absolute Gasteiger partial charge is 0.277 e. The molecule has 0 spiro atoms. The van der Waals surface area contributed by atoms with E-state index in [0.717, 1.165) is 11.3 Å². The average Bonchev–Trinajstić information content (AvgIpc) is 2.93. The van der Waals surface area contributed by atoms with E-state index in [1.807, 2.05) is 36.4 Å². The Bertz CT molecular complexity index is 904. The third-order valence-electron chi connectivity index (χ3n) is 3.62. The number of anilines is 3. The first-order valence-corrected chi connectivity index (χ1v) is 7.81. The molecule has 0 atom stereocenters. The second-order valence-electron chi connectivity index (χ2n) is 5.58. The van der Waals surface area contributed by atoms with Gasteiger partial charge in [-0.2, -0.15) is 0 Å². The maximum Gasteiger partial charge on any atom is 0.277 e. The fraction of sp³-hybridized carbons (Fsp3) is 0.167. The van der Waals surface area contributed by atoms with Gasteiger partial charge >= 0.3 is 0 Å². The lowest BCUT2D eigenvalue weighted by atomic mass is 10.2. The molecular weight excluding hydrogens is 318 g/mol. The lowest BCUT2D eigenvalue weighted by Crippen LogP contribution is -2.14. The first-order valence-electron chi connectivity index (χ1n) is 7.81. The summed E-state index contributed by atoms with van der Waals surface area (Å²) >= 11 is 0. The highest BCUT2D eigenvalue weighted by Gasteiger charge is 2.15. The molecule has 0 aliphatic heterocycles. The third kappa shape index (κ3) is 3.95. The minimum absolute atomic E-state index is 0.295. The van der Waals surface area contributed by atoms with Crippen LogP contribution in [0.4, 0.5) is 17.2 Å². The van der Waals surface area contributed by atoms with Crippen LogP contribution in [-0.4, -0.2) is 15.9 Å². The molecule has 0 unspecified atom stereocenters. The van der Waals surface area contributed by atoms with E-state index in [1.165, 1.54) is 0 Å². The van der Waals surface area contributed by atoms with Gasteiger partial charge in [0.1, 0.15) is 11.6 Å². The maximum atomic E-state index is 12.3. The fourth-order valence-corrected chi connectivity index (χ4v) is 2.45. The zero-order chi connectivity index (χ0) is 17.8. The standard InChI is InChI=1S/C18H19N5O2/c1-11-16(22-12(2)25-11)18(24)23-14-6-3-5-13(9-14)10-21-15-7-4-8-20-17(15)19/h3-9,21H,10H2,1-2H3,(H2,19,20)(H,23,24). The highest BCUT2D eigenvalue weighted by Crippen LogP contribution is 2.18. The summed E-state index contributed by atoms with van der Waals surface area (Å²) < 4.78 is 5.30. The van der Waals surface area contributed by atoms with Crippen molar-refractivity contribution in [1.82, 2.24) is 9.97 Å². The van der Waals surface area contributed by atoms with Crippen LogP contribution >= 0.6 is 0 Å². The predicted octanol–water partition coefficient (Wildman–Crippen LogP) is 3.13. The van der Waals surface area contributed by atoms with Gasteiger partial charge in [-0.3, -0.25) is 4.79 Å².